The second-order valence-corrected chi connectivity index (χ2v) is 5.30. The topological polar surface area (TPSA) is 106 Å². The predicted molar refractivity (Wildman–Crippen MR) is 79.6 cm³/mol. The van der Waals surface area contributed by atoms with E-state index >= 15 is 0 Å². The fourth-order valence-electron chi connectivity index (χ4n) is 1.94. The minimum absolute atomic E-state index is 0. The molecule has 2 aliphatic heterocycles. The monoisotopic (exact) mass is 596 g/mol. The summed E-state index contributed by atoms with van der Waals surface area (Å²) < 4.78 is 63.8. The van der Waals surface area contributed by atoms with Gasteiger partial charge in [-0.15, -0.1) is 31.2 Å². The average molecular weight is 595 g/mol. The maximum atomic E-state index is 10.7. The first-order valence-corrected chi connectivity index (χ1v) is 7.58. The molecule has 2 atom stereocenters. The number of carboxylic acid groups (broad SMARTS) is 1. The maximum Gasteiger partial charge on any atom is 2.00 e. The zero-order chi connectivity index (χ0) is 20.4. The molecule has 2 aliphatic rings. The molecular weight excluding hydrogens is 575 g/mol. The van der Waals surface area contributed by atoms with Crippen molar-refractivity contribution < 1.29 is 74.1 Å². The van der Waals surface area contributed by atoms with E-state index in [1.54, 1.807) is 0 Å². The van der Waals surface area contributed by atoms with E-state index < -0.39 is 24.6 Å². The first kappa shape index (κ1) is 28.8. The summed E-state index contributed by atoms with van der Waals surface area (Å²) in [6.45, 7) is 2.07. The van der Waals surface area contributed by atoms with E-state index in [0.29, 0.717) is 12.1 Å². The van der Waals surface area contributed by atoms with E-state index in [9.17, 15) is 26.3 Å². The Labute approximate surface area is 172 Å². The Morgan fingerprint density at radius 2 is 1.56 bits per heavy atom. The SMILES string of the molecule is C1=CC(C2CCCC[N-]2)[N-]CC1.O=C(O)C(F)(F)F.OC(O)C(F)(F)F.[Hg+2]. The predicted octanol–water partition coefficient (Wildman–Crippen LogP) is 3.11. The Kier molecular flexibility index (Phi) is 14.6. The number of aliphatic hydroxyl groups excluding tert-OH is 1. The fourth-order valence-corrected chi connectivity index (χ4v) is 1.94. The number of aliphatic hydroxyl groups is 2. The Morgan fingerprint density at radius 3 is 1.85 bits per heavy atom. The van der Waals surface area contributed by atoms with Crippen LogP contribution in [0, 0.1) is 0 Å². The van der Waals surface area contributed by atoms with Gasteiger partial charge < -0.3 is 26.0 Å². The molecule has 1 fully saturated rings. The van der Waals surface area contributed by atoms with Gasteiger partial charge in [-0.05, 0) is 0 Å². The van der Waals surface area contributed by atoms with Crippen LogP contribution < -0.4 is 0 Å². The summed E-state index contributed by atoms with van der Waals surface area (Å²) in [5, 5.41) is 30.9. The molecule has 0 bridgehead atoms. The molecule has 0 amide bonds. The van der Waals surface area contributed by atoms with Crippen LogP contribution in [-0.4, -0.2) is 65.1 Å². The van der Waals surface area contributed by atoms with Crippen molar-refractivity contribution in [2.45, 2.75) is 56.4 Å². The molecule has 27 heavy (non-hydrogen) atoms. The number of halogens is 6. The second kappa shape index (κ2) is 13.7. The summed E-state index contributed by atoms with van der Waals surface area (Å²) >= 11 is 0. The zero-order valence-corrected chi connectivity index (χ0v) is 19.7. The molecule has 0 radical (unpaired) electrons. The van der Waals surface area contributed by atoms with Crippen molar-refractivity contribution in [1.29, 1.82) is 0 Å². The smallest absolute Gasteiger partial charge is 0.660 e. The molecule has 2 unspecified atom stereocenters. The third-order valence-electron chi connectivity index (χ3n) is 3.17. The molecule has 0 aromatic heterocycles. The van der Waals surface area contributed by atoms with Gasteiger partial charge in [-0.2, -0.15) is 26.3 Å². The van der Waals surface area contributed by atoms with Crippen molar-refractivity contribution in [1.82, 2.24) is 0 Å². The molecule has 1 saturated heterocycles. The minimum atomic E-state index is -5.08. The summed E-state index contributed by atoms with van der Waals surface area (Å²) in [7, 11) is 0. The molecule has 0 saturated carbocycles. The standard InChI is InChI=1S/C10H16N2.C2H3F3O2.C2HF3O2.Hg/c1-3-7-11-9(5-1)10-6-2-4-8-12-10;2*3-2(4,5)1(6)7;/h1,5,9-10H,2-4,6-8H2;1,6-7H;(H,6,7);/q-2;;;+2. The van der Waals surface area contributed by atoms with E-state index in [1.807, 2.05) is 0 Å². The number of rotatable bonds is 1. The van der Waals surface area contributed by atoms with Crippen LogP contribution in [0.1, 0.15) is 25.7 Å². The fraction of sp³-hybridized carbons (Fsp3) is 0.786. The van der Waals surface area contributed by atoms with Crippen molar-refractivity contribution >= 4 is 5.97 Å². The Bertz CT molecular complexity index is 440. The van der Waals surface area contributed by atoms with Crippen LogP contribution in [-0.2, 0) is 32.5 Å². The van der Waals surface area contributed by atoms with Crippen LogP contribution in [0.3, 0.4) is 0 Å². The first-order valence-electron chi connectivity index (χ1n) is 7.58. The zero-order valence-electron chi connectivity index (χ0n) is 14.2. The maximum absolute atomic E-state index is 10.7. The normalized spacial score (nSPS) is 22.6. The summed E-state index contributed by atoms with van der Waals surface area (Å²) in [5.74, 6) is -2.76. The molecule has 0 aromatic carbocycles. The molecule has 3 N–H and O–H groups in total. The van der Waals surface area contributed by atoms with Crippen LogP contribution in [0.2, 0.25) is 0 Å². The van der Waals surface area contributed by atoms with Gasteiger partial charge in [0.1, 0.15) is 0 Å². The summed E-state index contributed by atoms with van der Waals surface area (Å²) in [4.78, 5) is 8.90. The quantitative estimate of drug-likeness (QED) is 0.188. The van der Waals surface area contributed by atoms with Crippen molar-refractivity contribution in [3.63, 3.8) is 0 Å². The van der Waals surface area contributed by atoms with Gasteiger partial charge in [0.2, 0.25) is 0 Å². The largest absolute Gasteiger partial charge is 2.00 e. The van der Waals surface area contributed by atoms with Gasteiger partial charge >= 0.3 is 46.0 Å². The molecule has 0 aliphatic carbocycles. The van der Waals surface area contributed by atoms with Gasteiger partial charge in [0.05, 0.1) is 0 Å². The molecule has 2 rings (SSSR count). The van der Waals surface area contributed by atoms with Crippen LogP contribution in [0.5, 0.6) is 0 Å². The van der Waals surface area contributed by atoms with Crippen LogP contribution in [0.25, 0.3) is 10.6 Å². The van der Waals surface area contributed by atoms with Crippen molar-refractivity contribution in [3.8, 4) is 0 Å². The number of piperidine rings is 1. The van der Waals surface area contributed by atoms with E-state index in [-0.39, 0.29) is 27.7 Å². The number of hydrogen-bond acceptors (Lipinski definition) is 3. The van der Waals surface area contributed by atoms with Crippen LogP contribution >= 0.6 is 0 Å². The number of hydrogen-bond donors (Lipinski definition) is 3. The van der Waals surface area contributed by atoms with Gasteiger partial charge in [-0.3, -0.25) is 0 Å². The number of carboxylic acids is 1. The van der Waals surface area contributed by atoms with Crippen LogP contribution in [0.4, 0.5) is 26.3 Å². The number of carbonyl (C=O) groups is 1. The number of alkyl halides is 6. The van der Waals surface area contributed by atoms with E-state index in [0.717, 1.165) is 19.5 Å². The Balaban J connectivity index is 0. The van der Waals surface area contributed by atoms with E-state index in [4.69, 9.17) is 20.1 Å². The second-order valence-electron chi connectivity index (χ2n) is 5.30. The van der Waals surface area contributed by atoms with Crippen molar-refractivity contribution in [2.75, 3.05) is 13.1 Å². The average Bonchev–Trinajstić information content (AvgIpc) is 2.56. The molecule has 154 valence electrons. The summed E-state index contributed by atoms with van der Waals surface area (Å²) in [6, 6.07) is 0.925. The molecular formula is C14H20F6HgN2O4. The Hall–Kier alpha value is -0.435. The molecule has 6 nitrogen and oxygen atoms in total. The summed E-state index contributed by atoms with van der Waals surface area (Å²) in [6.07, 6.45) is -3.68. The van der Waals surface area contributed by atoms with Crippen molar-refractivity contribution in [3.05, 3.63) is 22.8 Å². The van der Waals surface area contributed by atoms with Gasteiger partial charge in [-0.1, -0.05) is 31.8 Å². The number of nitrogens with zero attached hydrogens (tertiary/aromatic N) is 2. The third kappa shape index (κ3) is 14.2. The molecule has 13 heteroatoms. The van der Waals surface area contributed by atoms with E-state index in [2.05, 4.69) is 22.8 Å². The van der Waals surface area contributed by atoms with E-state index in [1.165, 1.54) is 19.3 Å². The molecule has 2 heterocycles. The van der Waals surface area contributed by atoms with Crippen LogP contribution in [0.15, 0.2) is 12.2 Å². The van der Waals surface area contributed by atoms with Crippen molar-refractivity contribution in [2.24, 2.45) is 0 Å². The van der Waals surface area contributed by atoms with Gasteiger partial charge in [0.15, 0.2) is 0 Å². The minimum Gasteiger partial charge on any atom is -0.660 e. The number of aliphatic carboxylic acids is 1. The van der Waals surface area contributed by atoms with Gasteiger partial charge in [-0.25, -0.2) is 4.79 Å². The molecule has 0 aromatic rings. The van der Waals surface area contributed by atoms with Gasteiger partial charge in [0, 0.05) is 0 Å². The Morgan fingerprint density at radius 1 is 1.04 bits per heavy atom. The third-order valence-corrected chi connectivity index (χ3v) is 3.17. The summed E-state index contributed by atoms with van der Waals surface area (Å²) in [5.41, 5.74) is 0. The first-order chi connectivity index (χ1) is 11.9. The van der Waals surface area contributed by atoms with Gasteiger partial charge in [0.25, 0.3) is 6.29 Å². The molecule has 0 spiro atoms.